The Morgan fingerprint density at radius 2 is 1.73 bits per heavy atom. The molecular formula is C14H23N. The molecule has 0 aliphatic rings. The van der Waals surface area contributed by atoms with E-state index in [-0.39, 0.29) is 0 Å². The summed E-state index contributed by atoms with van der Waals surface area (Å²) in [5, 5.41) is 0. The second kappa shape index (κ2) is 5.32. The number of nitrogens with zero attached hydrogens (tertiary/aromatic N) is 1. The average Bonchev–Trinajstić information content (AvgIpc) is 2.23. The van der Waals surface area contributed by atoms with Crippen LogP contribution in [0.4, 0.5) is 0 Å². The molecule has 0 saturated heterocycles. The van der Waals surface area contributed by atoms with Gasteiger partial charge in [-0.2, -0.15) is 0 Å². The summed E-state index contributed by atoms with van der Waals surface area (Å²) in [5.74, 6) is 0. The van der Waals surface area contributed by atoms with E-state index in [2.05, 4.69) is 57.7 Å². The minimum atomic E-state index is 0.528. The van der Waals surface area contributed by atoms with Gasteiger partial charge in [0, 0.05) is 6.04 Å². The molecule has 0 N–H and O–H groups in total. The van der Waals surface area contributed by atoms with Crippen LogP contribution >= 0.6 is 0 Å². The van der Waals surface area contributed by atoms with Gasteiger partial charge in [0.05, 0.1) is 0 Å². The van der Waals surface area contributed by atoms with Gasteiger partial charge in [-0.15, -0.1) is 0 Å². The van der Waals surface area contributed by atoms with Crippen LogP contribution in [0.5, 0.6) is 0 Å². The first kappa shape index (κ1) is 12.3. The largest absolute Gasteiger partial charge is 0.297 e. The van der Waals surface area contributed by atoms with Crippen LogP contribution in [0.25, 0.3) is 0 Å². The molecule has 0 radical (unpaired) electrons. The normalized spacial score (nSPS) is 13.2. The van der Waals surface area contributed by atoms with Gasteiger partial charge in [-0.1, -0.05) is 32.0 Å². The van der Waals surface area contributed by atoms with Gasteiger partial charge in [0.25, 0.3) is 0 Å². The van der Waals surface area contributed by atoms with E-state index < -0.39 is 0 Å². The molecule has 1 heteroatoms. The van der Waals surface area contributed by atoms with Crippen LogP contribution in [0.3, 0.4) is 0 Å². The maximum Gasteiger partial charge on any atom is 0.0322 e. The Kier molecular flexibility index (Phi) is 4.34. The lowest BCUT2D eigenvalue weighted by Gasteiger charge is -2.28. The first-order chi connectivity index (χ1) is 7.11. The Balaban J connectivity index is 2.99. The SMILES string of the molecule is CCN(CC)C(C)c1cccc(C)c1C. The van der Waals surface area contributed by atoms with Crippen molar-refractivity contribution in [3.05, 3.63) is 34.9 Å². The van der Waals surface area contributed by atoms with Crippen LogP contribution in [-0.4, -0.2) is 18.0 Å². The fraction of sp³-hybridized carbons (Fsp3) is 0.571. The lowest BCUT2D eigenvalue weighted by molar-refractivity contribution is 0.233. The van der Waals surface area contributed by atoms with Crippen molar-refractivity contribution in [3.8, 4) is 0 Å². The predicted molar refractivity (Wildman–Crippen MR) is 67.3 cm³/mol. The Hall–Kier alpha value is -0.820. The third kappa shape index (κ3) is 2.60. The molecule has 0 aromatic heterocycles. The van der Waals surface area contributed by atoms with Gasteiger partial charge in [0.15, 0.2) is 0 Å². The zero-order valence-corrected chi connectivity index (χ0v) is 10.7. The van der Waals surface area contributed by atoms with Crippen LogP contribution in [0.15, 0.2) is 18.2 Å². The van der Waals surface area contributed by atoms with Gasteiger partial charge in [0.1, 0.15) is 0 Å². The minimum Gasteiger partial charge on any atom is -0.297 e. The molecule has 1 aromatic rings. The van der Waals surface area contributed by atoms with E-state index in [0.717, 1.165) is 13.1 Å². The molecule has 0 aliphatic carbocycles. The monoisotopic (exact) mass is 205 g/mol. The highest BCUT2D eigenvalue weighted by atomic mass is 15.1. The smallest absolute Gasteiger partial charge is 0.0322 e. The van der Waals surface area contributed by atoms with Gasteiger partial charge >= 0.3 is 0 Å². The number of hydrogen-bond acceptors (Lipinski definition) is 1. The third-order valence-corrected chi connectivity index (χ3v) is 3.46. The van der Waals surface area contributed by atoms with E-state index in [1.54, 1.807) is 0 Å². The Morgan fingerprint density at radius 3 is 2.27 bits per heavy atom. The van der Waals surface area contributed by atoms with Gasteiger partial charge in [-0.05, 0) is 50.6 Å². The van der Waals surface area contributed by atoms with Crippen LogP contribution in [-0.2, 0) is 0 Å². The molecule has 0 aliphatic heterocycles. The summed E-state index contributed by atoms with van der Waals surface area (Å²) in [4.78, 5) is 2.49. The van der Waals surface area contributed by atoms with E-state index in [1.807, 2.05) is 0 Å². The summed E-state index contributed by atoms with van der Waals surface area (Å²) in [7, 11) is 0. The summed E-state index contributed by atoms with van der Waals surface area (Å²) in [6, 6.07) is 7.14. The molecule has 0 bridgehead atoms. The molecule has 1 aromatic carbocycles. The van der Waals surface area contributed by atoms with Gasteiger partial charge < -0.3 is 0 Å². The highest BCUT2D eigenvalue weighted by Crippen LogP contribution is 2.24. The number of hydrogen-bond donors (Lipinski definition) is 0. The van der Waals surface area contributed by atoms with E-state index in [4.69, 9.17) is 0 Å². The minimum absolute atomic E-state index is 0.528. The molecule has 1 unspecified atom stereocenters. The molecule has 0 spiro atoms. The molecule has 0 amide bonds. The Bertz CT molecular complexity index is 313. The predicted octanol–water partition coefficient (Wildman–Crippen LogP) is 3.71. The first-order valence-corrected chi connectivity index (χ1v) is 5.91. The van der Waals surface area contributed by atoms with E-state index in [9.17, 15) is 0 Å². The summed E-state index contributed by atoms with van der Waals surface area (Å²) in [6.45, 7) is 13.4. The topological polar surface area (TPSA) is 3.24 Å². The fourth-order valence-electron chi connectivity index (χ4n) is 2.19. The molecule has 1 atom stereocenters. The van der Waals surface area contributed by atoms with Gasteiger partial charge in [0.2, 0.25) is 0 Å². The maximum atomic E-state index is 2.49. The molecular weight excluding hydrogens is 182 g/mol. The van der Waals surface area contributed by atoms with Gasteiger partial charge in [-0.3, -0.25) is 4.90 Å². The molecule has 0 saturated carbocycles. The van der Waals surface area contributed by atoms with Crippen molar-refractivity contribution < 1.29 is 0 Å². The Morgan fingerprint density at radius 1 is 1.13 bits per heavy atom. The van der Waals surface area contributed by atoms with Crippen molar-refractivity contribution in [1.29, 1.82) is 0 Å². The zero-order valence-electron chi connectivity index (χ0n) is 10.7. The quantitative estimate of drug-likeness (QED) is 0.724. The molecule has 0 fully saturated rings. The summed E-state index contributed by atoms with van der Waals surface area (Å²) >= 11 is 0. The maximum absolute atomic E-state index is 2.49. The molecule has 1 nitrogen and oxygen atoms in total. The van der Waals surface area contributed by atoms with E-state index in [0.29, 0.717) is 6.04 Å². The summed E-state index contributed by atoms with van der Waals surface area (Å²) in [6.07, 6.45) is 0. The number of aryl methyl sites for hydroxylation is 1. The molecule has 1 rings (SSSR count). The molecule has 84 valence electrons. The summed E-state index contributed by atoms with van der Waals surface area (Å²) < 4.78 is 0. The third-order valence-electron chi connectivity index (χ3n) is 3.46. The van der Waals surface area contributed by atoms with Crippen molar-refractivity contribution in [2.24, 2.45) is 0 Å². The van der Waals surface area contributed by atoms with Crippen molar-refractivity contribution in [3.63, 3.8) is 0 Å². The highest BCUT2D eigenvalue weighted by Gasteiger charge is 2.14. The Labute approximate surface area is 94.1 Å². The lowest BCUT2D eigenvalue weighted by atomic mass is 9.97. The molecule has 0 heterocycles. The van der Waals surface area contributed by atoms with Crippen molar-refractivity contribution in [2.45, 2.75) is 40.7 Å². The van der Waals surface area contributed by atoms with Crippen LogP contribution in [0.1, 0.15) is 43.5 Å². The fourth-order valence-corrected chi connectivity index (χ4v) is 2.19. The first-order valence-electron chi connectivity index (χ1n) is 5.91. The van der Waals surface area contributed by atoms with E-state index in [1.165, 1.54) is 16.7 Å². The molecule has 15 heavy (non-hydrogen) atoms. The van der Waals surface area contributed by atoms with Crippen LogP contribution in [0.2, 0.25) is 0 Å². The standard InChI is InChI=1S/C14H23N/c1-6-15(7-2)13(5)14-10-8-9-11(3)12(14)4/h8-10,13H,6-7H2,1-5H3. The number of benzene rings is 1. The second-order valence-corrected chi connectivity index (χ2v) is 4.19. The van der Waals surface area contributed by atoms with Crippen LogP contribution < -0.4 is 0 Å². The van der Waals surface area contributed by atoms with E-state index >= 15 is 0 Å². The van der Waals surface area contributed by atoms with Crippen molar-refractivity contribution >= 4 is 0 Å². The summed E-state index contributed by atoms with van der Waals surface area (Å²) in [5.41, 5.74) is 4.31. The second-order valence-electron chi connectivity index (χ2n) is 4.19. The van der Waals surface area contributed by atoms with Crippen LogP contribution in [0, 0.1) is 13.8 Å². The average molecular weight is 205 g/mol. The highest BCUT2D eigenvalue weighted by molar-refractivity contribution is 5.35. The van der Waals surface area contributed by atoms with Gasteiger partial charge in [-0.25, -0.2) is 0 Å². The zero-order chi connectivity index (χ0) is 11.4. The van der Waals surface area contributed by atoms with Crippen molar-refractivity contribution in [2.75, 3.05) is 13.1 Å². The lowest BCUT2D eigenvalue weighted by Crippen LogP contribution is -2.27. The number of rotatable bonds is 4. The van der Waals surface area contributed by atoms with Crippen molar-refractivity contribution in [1.82, 2.24) is 4.90 Å².